The lowest BCUT2D eigenvalue weighted by molar-refractivity contribution is -0.137. The van der Waals surface area contributed by atoms with Crippen LogP contribution >= 0.6 is 11.3 Å². The minimum Gasteiger partial charge on any atom is -0.461 e. The molecule has 0 aliphatic heterocycles. The number of esters is 1. The largest absolute Gasteiger partial charge is 0.461 e. The van der Waals surface area contributed by atoms with Gasteiger partial charge in [0.15, 0.2) is 0 Å². The number of carbonyl (C=O) groups excluding carboxylic acids is 2. The summed E-state index contributed by atoms with van der Waals surface area (Å²) in [6.07, 6.45) is -4.40. The molecule has 0 fully saturated rings. The Kier molecular flexibility index (Phi) is 5.73. The molecule has 0 unspecified atom stereocenters. The number of ether oxygens (including phenoxy) is 1. The number of anilines is 1. The van der Waals surface area contributed by atoms with Crippen LogP contribution in [0, 0.1) is 6.92 Å². The van der Waals surface area contributed by atoms with Gasteiger partial charge >= 0.3 is 12.1 Å². The summed E-state index contributed by atoms with van der Waals surface area (Å²) in [5.74, 6) is -1.22. The third-order valence-electron chi connectivity index (χ3n) is 3.90. The number of amides is 1. The quantitative estimate of drug-likeness (QED) is 0.572. The summed E-state index contributed by atoms with van der Waals surface area (Å²) < 4.78 is 47.8. The zero-order valence-electron chi connectivity index (χ0n) is 15.3. The molecule has 0 spiro atoms. The van der Waals surface area contributed by atoms with Gasteiger partial charge in [-0.05, 0) is 43.7 Å². The van der Waals surface area contributed by atoms with Gasteiger partial charge in [-0.25, -0.2) is 4.79 Å². The van der Waals surface area contributed by atoms with Crippen molar-refractivity contribution in [1.82, 2.24) is 5.16 Å². The highest BCUT2D eigenvalue weighted by atomic mass is 32.1. The zero-order valence-corrected chi connectivity index (χ0v) is 16.1. The lowest BCUT2D eigenvalue weighted by Gasteiger charge is -2.06. The van der Waals surface area contributed by atoms with Gasteiger partial charge in [0.05, 0.1) is 17.2 Å². The first-order chi connectivity index (χ1) is 13.7. The van der Waals surface area contributed by atoms with Crippen molar-refractivity contribution in [2.75, 3.05) is 11.9 Å². The van der Waals surface area contributed by atoms with Gasteiger partial charge in [-0.2, -0.15) is 13.2 Å². The number of carbonyl (C=O) groups is 2. The summed E-state index contributed by atoms with van der Waals surface area (Å²) in [6.45, 7) is 3.24. The van der Waals surface area contributed by atoms with Crippen molar-refractivity contribution in [3.63, 3.8) is 0 Å². The molecule has 0 aliphatic carbocycles. The number of alkyl halides is 3. The number of halogens is 3. The van der Waals surface area contributed by atoms with Gasteiger partial charge in [0, 0.05) is 4.88 Å². The van der Waals surface area contributed by atoms with Crippen LogP contribution < -0.4 is 5.32 Å². The molecule has 0 saturated heterocycles. The number of benzene rings is 1. The van der Waals surface area contributed by atoms with Crippen molar-refractivity contribution in [1.29, 1.82) is 0 Å². The lowest BCUT2D eigenvalue weighted by atomic mass is 10.1. The van der Waals surface area contributed by atoms with Crippen molar-refractivity contribution in [3.05, 3.63) is 59.0 Å². The molecule has 0 aliphatic rings. The van der Waals surface area contributed by atoms with E-state index < -0.39 is 23.6 Å². The molecule has 2 aromatic heterocycles. The molecule has 3 aromatic rings. The predicted molar refractivity (Wildman–Crippen MR) is 99.9 cm³/mol. The first-order valence-corrected chi connectivity index (χ1v) is 9.24. The Balaban J connectivity index is 1.78. The first kappa shape index (κ1) is 20.6. The summed E-state index contributed by atoms with van der Waals surface area (Å²) in [6, 6.07) is 8.02. The topological polar surface area (TPSA) is 81.4 Å². The molecule has 3 rings (SSSR count). The van der Waals surface area contributed by atoms with E-state index in [0.29, 0.717) is 15.4 Å². The van der Waals surface area contributed by atoms with Crippen molar-refractivity contribution in [2.45, 2.75) is 20.0 Å². The van der Waals surface area contributed by atoms with E-state index in [0.717, 1.165) is 12.1 Å². The number of hydrogen-bond donors (Lipinski definition) is 1. The number of nitrogens with zero attached hydrogens (tertiary/aromatic N) is 1. The van der Waals surface area contributed by atoms with Crippen LogP contribution in [-0.2, 0) is 10.9 Å². The van der Waals surface area contributed by atoms with E-state index >= 15 is 0 Å². The number of nitrogens with one attached hydrogen (secondary N) is 1. The van der Waals surface area contributed by atoms with Gasteiger partial charge in [0.2, 0.25) is 5.69 Å². The number of rotatable bonds is 5. The van der Waals surface area contributed by atoms with E-state index in [1.165, 1.54) is 30.4 Å². The molecule has 0 radical (unpaired) electrons. The molecule has 152 valence electrons. The van der Waals surface area contributed by atoms with Crippen molar-refractivity contribution in [3.8, 4) is 10.4 Å². The van der Waals surface area contributed by atoms with Gasteiger partial charge in [-0.15, -0.1) is 11.3 Å². The fourth-order valence-electron chi connectivity index (χ4n) is 2.54. The first-order valence-electron chi connectivity index (χ1n) is 8.43. The molecule has 10 heteroatoms. The molecule has 1 amide bonds. The summed E-state index contributed by atoms with van der Waals surface area (Å²) in [5, 5.41) is 6.66. The Morgan fingerprint density at radius 3 is 2.48 bits per heavy atom. The third-order valence-corrected chi connectivity index (χ3v) is 4.95. The molecule has 2 heterocycles. The molecule has 0 bridgehead atoms. The highest BCUT2D eigenvalue weighted by molar-refractivity contribution is 7.19. The van der Waals surface area contributed by atoms with Gasteiger partial charge in [0.25, 0.3) is 5.91 Å². The van der Waals surface area contributed by atoms with E-state index in [-0.39, 0.29) is 23.6 Å². The average molecular weight is 424 g/mol. The molecule has 0 atom stereocenters. The number of aromatic nitrogens is 1. The molecule has 1 N–H and O–H groups in total. The SMILES string of the molecule is CCOC(=O)c1noc(C)c1C(=O)Nc1ccc(-c2ccc(C(F)(F)F)cc2)s1. The van der Waals surface area contributed by atoms with Crippen molar-refractivity contribution >= 4 is 28.2 Å². The fourth-order valence-corrected chi connectivity index (χ4v) is 3.44. The van der Waals surface area contributed by atoms with Crippen LogP contribution in [0.25, 0.3) is 10.4 Å². The van der Waals surface area contributed by atoms with Crippen LogP contribution in [-0.4, -0.2) is 23.6 Å². The molecular weight excluding hydrogens is 409 g/mol. The van der Waals surface area contributed by atoms with Gasteiger partial charge < -0.3 is 14.6 Å². The number of aryl methyl sites for hydroxylation is 1. The maximum Gasteiger partial charge on any atom is 0.416 e. The molecule has 6 nitrogen and oxygen atoms in total. The number of hydrogen-bond acceptors (Lipinski definition) is 6. The lowest BCUT2D eigenvalue weighted by Crippen LogP contribution is -2.17. The van der Waals surface area contributed by atoms with E-state index in [9.17, 15) is 22.8 Å². The van der Waals surface area contributed by atoms with Crippen LogP contribution in [0.3, 0.4) is 0 Å². The van der Waals surface area contributed by atoms with Crippen LogP contribution in [0.2, 0.25) is 0 Å². The van der Waals surface area contributed by atoms with Gasteiger partial charge in [-0.1, -0.05) is 17.3 Å². The predicted octanol–water partition coefficient (Wildman–Crippen LogP) is 5.16. The third kappa shape index (κ3) is 4.48. The molecular formula is C19H15F3N2O4S. The summed E-state index contributed by atoms with van der Waals surface area (Å²) >= 11 is 1.17. The van der Waals surface area contributed by atoms with E-state index in [4.69, 9.17) is 9.26 Å². The van der Waals surface area contributed by atoms with Crippen LogP contribution in [0.4, 0.5) is 18.2 Å². The van der Waals surface area contributed by atoms with Crippen molar-refractivity contribution in [2.24, 2.45) is 0 Å². The smallest absolute Gasteiger partial charge is 0.416 e. The monoisotopic (exact) mass is 424 g/mol. The van der Waals surface area contributed by atoms with E-state index in [1.807, 2.05) is 0 Å². The summed E-state index contributed by atoms with van der Waals surface area (Å²) in [4.78, 5) is 25.2. The van der Waals surface area contributed by atoms with Gasteiger partial charge in [-0.3, -0.25) is 4.79 Å². The van der Waals surface area contributed by atoms with E-state index in [2.05, 4.69) is 10.5 Å². The standard InChI is InChI=1S/C19H15F3N2O4S/c1-3-27-18(26)16-15(10(2)28-24-16)17(25)23-14-9-8-13(29-14)11-4-6-12(7-5-11)19(20,21)22/h4-9H,3H2,1-2H3,(H,23,25). The highest BCUT2D eigenvalue weighted by Crippen LogP contribution is 2.35. The summed E-state index contributed by atoms with van der Waals surface area (Å²) in [5.41, 5.74) is -0.410. The Bertz CT molecular complexity index is 1040. The normalized spacial score (nSPS) is 11.3. The van der Waals surface area contributed by atoms with Crippen molar-refractivity contribution < 1.29 is 32.0 Å². The van der Waals surface area contributed by atoms with Gasteiger partial charge in [0.1, 0.15) is 11.3 Å². The zero-order chi connectivity index (χ0) is 21.2. The minimum absolute atomic E-state index is 0.0343. The Hall–Kier alpha value is -3.14. The molecule has 29 heavy (non-hydrogen) atoms. The maximum atomic E-state index is 12.7. The Morgan fingerprint density at radius 1 is 1.17 bits per heavy atom. The van der Waals surface area contributed by atoms with Crippen LogP contribution in [0.15, 0.2) is 40.9 Å². The Labute approximate surface area is 167 Å². The van der Waals surface area contributed by atoms with Crippen LogP contribution in [0.5, 0.6) is 0 Å². The molecule has 0 saturated carbocycles. The second kappa shape index (κ2) is 8.08. The summed E-state index contributed by atoms with van der Waals surface area (Å²) in [7, 11) is 0. The van der Waals surface area contributed by atoms with Crippen LogP contribution in [0.1, 0.15) is 39.1 Å². The Morgan fingerprint density at radius 2 is 1.86 bits per heavy atom. The second-order valence-electron chi connectivity index (χ2n) is 5.88. The fraction of sp³-hybridized carbons (Fsp3) is 0.211. The minimum atomic E-state index is -4.40. The van der Waals surface area contributed by atoms with E-state index in [1.54, 1.807) is 19.1 Å². The average Bonchev–Trinajstić information content (AvgIpc) is 3.28. The maximum absolute atomic E-state index is 12.7. The highest BCUT2D eigenvalue weighted by Gasteiger charge is 2.30. The molecule has 1 aromatic carbocycles. The number of thiophene rings is 1. The second-order valence-corrected chi connectivity index (χ2v) is 6.96.